The van der Waals surface area contributed by atoms with E-state index in [1.807, 2.05) is 6.92 Å². The third kappa shape index (κ3) is 2.79. The van der Waals surface area contributed by atoms with Crippen LogP contribution in [0.15, 0.2) is 23.3 Å². The maximum absolute atomic E-state index is 12.5. The van der Waals surface area contributed by atoms with Crippen molar-refractivity contribution in [2.45, 2.75) is 47.0 Å². The quantitative estimate of drug-likeness (QED) is 0.821. The SMILES string of the molecule is CCOc1ccc(C(=O)N/N=C2/C[C@@H]3CC[C@@]2(C)C3(C)C)cc1OC. The molecule has 5 heteroatoms. The molecule has 1 aromatic carbocycles. The van der Waals surface area contributed by atoms with Crippen molar-refractivity contribution in [3.05, 3.63) is 23.8 Å². The Labute approximate surface area is 149 Å². The van der Waals surface area contributed by atoms with E-state index >= 15 is 0 Å². The number of hydrazone groups is 1. The van der Waals surface area contributed by atoms with Crippen molar-refractivity contribution < 1.29 is 14.3 Å². The lowest BCUT2D eigenvalue weighted by molar-refractivity contribution is 0.0953. The highest BCUT2D eigenvalue weighted by Crippen LogP contribution is 2.63. The summed E-state index contributed by atoms with van der Waals surface area (Å²) < 4.78 is 10.8. The summed E-state index contributed by atoms with van der Waals surface area (Å²) in [6, 6.07) is 5.18. The largest absolute Gasteiger partial charge is 0.493 e. The molecule has 136 valence electrons. The van der Waals surface area contributed by atoms with Gasteiger partial charge in [-0.3, -0.25) is 4.79 Å². The first-order chi connectivity index (χ1) is 11.8. The van der Waals surface area contributed by atoms with Crippen LogP contribution >= 0.6 is 0 Å². The summed E-state index contributed by atoms with van der Waals surface area (Å²) in [6.45, 7) is 9.39. The number of ether oxygens (including phenoxy) is 2. The van der Waals surface area contributed by atoms with Gasteiger partial charge in [0.2, 0.25) is 0 Å². The third-order valence-corrected chi connectivity index (χ3v) is 6.53. The van der Waals surface area contributed by atoms with E-state index in [9.17, 15) is 4.79 Å². The highest BCUT2D eigenvalue weighted by atomic mass is 16.5. The van der Waals surface area contributed by atoms with Gasteiger partial charge < -0.3 is 9.47 Å². The minimum atomic E-state index is -0.224. The lowest BCUT2D eigenvalue weighted by Crippen LogP contribution is -2.34. The van der Waals surface area contributed by atoms with Crippen LogP contribution in [0.1, 0.15) is 57.3 Å². The first-order valence-corrected chi connectivity index (χ1v) is 9.01. The number of hydrogen-bond acceptors (Lipinski definition) is 4. The monoisotopic (exact) mass is 344 g/mol. The van der Waals surface area contributed by atoms with Gasteiger partial charge in [0.1, 0.15) is 0 Å². The Balaban J connectivity index is 1.76. The summed E-state index contributed by atoms with van der Waals surface area (Å²) in [4.78, 5) is 12.5. The van der Waals surface area contributed by atoms with Crippen molar-refractivity contribution in [3.8, 4) is 11.5 Å². The van der Waals surface area contributed by atoms with Crippen molar-refractivity contribution in [1.29, 1.82) is 0 Å². The number of carbonyl (C=O) groups excluding carboxylic acids is 1. The first-order valence-electron chi connectivity index (χ1n) is 9.01. The lowest BCUT2D eigenvalue weighted by atomic mass is 9.70. The van der Waals surface area contributed by atoms with Crippen LogP contribution in [0.5, 0.6) is 11.5 Å². The zero-order valence-corrected chi connectivity index (χ0v) is 15.8. The van der Waals surface area contributed by atoms with Crippen molar-refractivity contribution in [2.24, 2.45) is 21.8 Å². The van der Waals surface area contributed by atoms with E-state index in [1.54, 1.807) is 25.3 Å². The van der Waals surface area contributed by atoms with Crippen molar-refractivity contribution in [3.63, 3.8) is 0 Å². The van der Waals surface area contributed by atoms with Crippen molar-refractivity contribution >= 4 is 11.6 Å². The van der Waals surface area contributed by atoms with Crippen molar-refractivity contribution in [2.75, 3.05) is 13.7 Å². The average molecular weight is 344 g/mol. The Morgan fingerprint density at radius 2 is 2.08 bits per heavy atom. The van der Waals surface area contributed by atoms with Gasteiger partial charge in [-0.15, -0.1) is 0 Å². The maximum Gasteiger partial charge on any atom is 0.271 e. The molecule has 2 saturated carbocycles. The molecule has 2 aliphatic carbocycles. The van der Waals surface area contributed by atoms with E-state index in [1.165, 1.54) is 6.42 Å². The number of benzene rings is 1. The summed E-state index contributed by atoms with van der Waals surface area (Å²) >= 11 is 0. The van der Waals surface area contributed by atoms with Crippen LogP contribution in [0.3, 0.4) is 0 Å². The van der Waals surface area contributed by atoms with Crippen LogP contribution in [-0.4, -0.2) is 25.3 Å². The number of carbonyl (C=O) groups is 1. The van der Waals surface area contributed by atoms with Crippen LogP contribution < -0.4 is 14.9 Å². The van der Waals surface area contributed by atoms with Gasteiger partial charge >= 0.3 is 0 Å². The molecule has 2 fully saturated rings. The zero-order valence-electron chi connectivity index (χ0n) is 15.8. The predicted molar refractivity (Wildman–Crippen MR) is 98.3 cm³/mol. The van der Waals surface area contributed by atoms with Gasteiger partial charge in [-0.1, -0.05) is 20.8 Å². The number of nitrogens with zero attached hydrogens (tertiary/aromatic N) is 1. The molecule has 25 heavy (non-hydrogen) atoms. The molecule has 5 nitrogen and oxygen atoms in total. The normalized spacial score (nSPS) is 28.2. The van der Waals surface area contributed by atoms with Gasteiger partial charge in [0, 0.05) is 16.7 Å². The minimum absolute atomic E-state index is 0.0848. The van der Waals surface area contributed by atoms with E-state index in [2.05, 4.69) is 31.3 Å². The number of nitrogens with one attached hydrogen (secondary N) is 1. The number of methoxy groups -OCH3 is 1. The molecule has 2 aliphatic rings. The second kappa shape index (κ2) is 6.36. The number of fused-ring (bicyclic) bond motifs is 2. The topological polar surface area (TPSA) is 59.9 Å². The van der Waals surface area contributed by atoms with E-state index in [0.29, 0.717) is 29.6 Å². The van der Waals surface area contributed by atoms with E-state index in [4.69, 9.17) is 9.47 Å². The Hall–Kier alpha value is -2.04. The number of hydrogen-bond donors (Lipinski definition) is 1. The molecule has 1 aromatic rings. The molecule has 0 aromatic heterocycles. The van der Waals surface area contributed by atoms with E-state index < -0.39 is 0 Å². The molecule has 0 radical (unpaired) electrons. The number of amides is 1. The lowest BCUT2D eigenvalue weighted by Gasteiger charge is -2.34. The van der Waals surface area contributed by atoms with Gasteiger partial charge in [0.25, 0.3) is 5.91 Å². The summed E-state index contributed by atoms with van der Waals surface area (Å²) in [5, 5.41) is 4.51. The second-order valence-corrected chi connectivity index (χ2v) is 7.79. The standard InChI is InChI=1S/C20H28N2O3/c1-6-25-15-8-7-13(11-16(15)24-5)18(23)22-21-17-12-14-9-10-20(17,4)19(14,2)3/h7-8,11,14H,6,9-10,12H2,1-5H3,(H,22,23)/b21-17-/t14-,20+/m0/s1. The van der Waals surface area contributed by atoms with Crippen LogP contribution in [0.25, 0.3) is 0 Å². The highest BCUT2D eigenvalue weighted by molar-refractivity contribution is 5.98. The fourth-order valence-corrected chi connectivity index (χ4v) is 4.36. The fourth-order valence-electron chi connectivity index (χ4n) is 4.36. The van der Waals surface area contributed by atoms with Crippen LogP contribution in [-0.2, 0) is 0 Å². The Bertz CT molecular complexity index is 711. The van der Waals surface area contributed by atoms with Gasteiger partial charge in [0.15, 0.2) is 11.5 Å². The molecule has 1 amide bonds. The first kappa shape index (κ1) is 17.8. The van der Waals surface area contributed by atoms with E-state index in [-0.39, 0.29) is 16.7 Å². The molecule has 2 atom stereocenters. The van der Waals surface area contributed by atoms with Crippen molar-refractivity contribution in [1.82, 2.24) is 5.43 Å². The zero-order chi connectivity index (χ0) is 18.2. The molecule has 0 unspecified atom stereocenters. The van der Waals surface area contributed by atoms with Gasteiger partial charge in [-0.25, -0.2) is 5.43 Å². The average Bonchev–Trinajstić information content (AvgIpc) is 2.93. The smallest absolute Gasteiger partial charge is 0.271 e. The van der Waals surface area contributed by atoms with Gasteiger partial charge in [-0.05, 0) is 55.7 Å². The maximum atomic E-state index is 12.5. The molecular formula is C20H28N2O3. The molecule has 3 rings (SSSR count). The summed E-state index contributed by atoms with van der Waals surface area (Å²) in [5.74, 6) is 1.63. The Kier molecular flexibility index (Phi) is 4.52. The molecule has 0 aliphatic heterocycles. The van der Waals surface area contributed by atoms with Crippen LogP contribution in [0.2, 0.25) is 0 Å². The predicted octanol–water partition coefficient (Wildman–Crippen LogP) is 4.03. The third-order valence-electron chi connectivity index (χ3n) is 6.53. The fraction of sp³-hybridized carbons (Fsp3) is 0.600. The van der Waals surface area contributed by atoms with Gasteiger partial charge in [-0.2, -0.15) is 5.10 Å². The molecular weight excluding hydrogens is 316 g/mol. The summed E-state index contributed by atoms with van der Waals surface area (Å²) in [5.41, 5.74) is 4.71. The second-order valence-electron chi connectivity index (χ2n) is 7.79. The van der Waals surface area contributed by atoms with Crippen LogP contribution in [0, 0.1) is 16.7 Å². The summed E-state index contributed by atoms with van der Waals surface area (Å²) in [7, 11) is 1.57. The summed E-state index contributed by atoms with van der Waals surface area (Å²) in [6.07, 6.45) is 3.39. The Morgan fingerprint density at radius 1 is 1.32 bits per heavy atom. The molecule has 0 saturated heterocycles. The van der Waals surface area contributed by atoms with Gasteiger partial charge in [0.05, 0.1) is 13.7 Å². The molecule has 0 spiro atoms. The Morgan fingerprint density at radius 3 is 2.64 bits per heavy atom. The number of rotatable bonds is 5. The molecule has 1 N–H and O–H groups in total. The van der Waals surface area contributed by atoms with E-state index in [0.717, 1.165) is 18.6 Å². The minimum Gasteiger partial charge on any atom is -0.493 e. The molecule has 0 heterocycles. The van der Waals surface area contributed by atoms with Crippen LogP contribution in [0.4, 0.5) is 0 Å². The highest BCUT2D eigenvalue weighted by Gasteiger charge is 2.60. The molecule has 2 bridgehead atoms.